The predicted molar refractivity (Wildman–Crippen MR) is 133 cm³/mol. The number of aliphatic hydroxyl groups is 1. The molecule has 12 nitrogen and oxygen atoms in total. The molecule has 1 fully saturated rings. The van der Waals surface area contributed by atoms with Crippen LogP contribution in [0.25, 0.3) is 11.0 Å². The van der Waals surface area contributed by atoms with Crippen molar-refractivity contribution in [3.05, 3.63) is 53.2 Å². The molecule has 0 aliphatic carbocycles. The van der Waals surface area contributed by atoms with Crippen LogP contribution in [-0.2, 0) is 24.8 Å². The average molecular weight is 597 g/mol. The Kier molecular flexibility index (Phi) is 8.58. The van der Waals surface area contributed by atoms with Crippen LogP contribution in [0.1, 0.15) is 18.7 Å². The number of anilines is 1. The highest BCUT2D eigenvalue weighted by Gasteiger charge is 2.47. The van der Waals surface area contributed by atoms with E-state index in [-0.39, 0.29) is 22.8 Å². The Labute approximate surface area is 220 Å². The number of ether oxygens (including phenoxy) is 1. The fourth-order valence-electron chi connectivity index (χ4n) is 4.13. The zero-order valence-corrected chi connectivity index (χ0v) is 22.3. The van der Waals surface area contributed by atoms with Crippen LogP contribution in [-0.4, -0.2) is 71.3 Å². The van der Waals surface area contributed by atoms with Crippen LogP contribution < -0.4 is 5.32 Å². The van der Waals surface area contributed by atoms with Gasteiger partial charge in [0, 0.05) is 12.2 Å². The van der Waals surface area contributed by atoms with Gasteiger partial charge < -0.3 is 38.9 Å². The van der Waals surface area contributed by atoms with Crippen molar-refractivity contribution in [3.8, 4) is 0 Å². The van der Waals surface area contributed by atoms with Crippen LogP contribution in [0.3, 0.4) is 0 Å². The zero-order valence-electron chi connectivity index (χ0n) is 19.8. The van der Waals surface area contributed by atoms with E-state index in [0.717, 1.165) is 0 Å². The third-order valence-corrected chi connectivity index (χ3v) is 9.41. The van der Waals surface area contributed by atoms with Crippen LogP contribution in [0, 0.1) is 5.82 Å². The van der Waals surface area contributed by atoms with Crippen molar-refractivity contribution in [1.82, 2.24) is 14.5 Å². The van der Waals surface area contributed by atoms with Gasteiger partial charge >= 0.3 is 15.2 Å². The number of alkyl halides is 1. The molecule has 0 bridgehead atoms. The lowest BCUT2D eigenvalue weighted by Gasteiger charge is -2.19. The summed E-state index contributed by atoms with van der Waals surface area (Å²) in [5, 5.41) is 13.7. The summed E-state index contributed by atoms with van der Waals surface area (Å²) in [5.41, 5.74) is 0.651. The average Bonchev–Trinajstić information content (AvgIpc) is 3.33. The molecule has 1 unspecified atom stereocenters. The maximum atomic E-state index is 15.1. The molecule has 3 aromatic rings. The van der Waals surface area contributed by atoms with Gasteiger partial charge in [-0.05, 0) is 42.6 Å². The van der Waals surface area contributed by atoms with Crippen molar-refractivity contribution in [2.45, 2.75) is 44.0 Å². The second-order valence-corrected chi connectivity index (χ2v) is 13.2. The number of nitrogens with zero attached hydrogens (tertiary/aromatic N) is 3. The highest BCUT2D eigenvalue weighted by Crippen LogP contribution is 2.55. The Morgan fingerprint density at radius 3 is 2.63 bits per heavy atom. The Morgan fingerprint density at radius 1 is 1.24 bits per heavy atom. The third-order valence-electron chi connectivity index (χ3n) is 5.78. The summed E-state index contributed by atoms with van der Waals surface area (Å²) >= 11 is 6.11. The molecule has 0 spiro atoms. The largest absolute Gasteiger partial charge is 0.387 e. The number of hydrogen-bond donors (Lipinski definition) is 5. The zero-order chi connectivity index (χ0) is 27.8. The summed E-state index contributed by atoms with van der Waals surface area (Å²) in [7, 11) is -9.61. The number of benzene rings is 1. The van der Waals surface area contributed by atoms with E-state index in [4.69, 9.17) is 26.1 Å². The number of fused-ring (bicyclic) bond motifs is 1. The van der Waals surface area contributed by atoms with E-state index in [2.05, 4.69) is 19.8 Å². The molecule has 0 radical (unpaired) electrons. The van der Waals surface area contributed by atoms with Crippen LogP contribution in [0.15, 0.2) is 36.5 Å². The van der Waals surface area contributed by atoms with Crippen LogP contribution in [0.4, 0.5) is 14.6 Å². The van der Waals surface area contributed by atoms with Gasteiger partial charge in [0.2, 0.25) is 5.28 Å². The minimum atomic E-state index is -4.87. The molecule has 1 aliphatic heterocycles. The standard InChI is InChI=1S/C21H25ClF2N4O8P2/c1-11(8-12-4-2-3-5-14(12)23)25-18-13-6-7-28(19(13)27-21(22)26-18)20-16(24)17(29)15(36-20)9-35-38(33,34)10-37(30,31)32/h2-7,11,15-17,20,29H,8-10H2,1H3,(H,33,34)(H,25,26,27)(H2,30,31,32)/t11-,15+,16-,17+,20+/m0/s1. The molecule has 5 N–H and O–H groups in total. The second kappa shape index (κ2) is 11.2. The Bertz CT molecular complexity index is 1410. The summed E-state index contributed by atoms with van der Waals surface area (Å²) in [6.07, 6.45) is -4.92. The molecular weight excluding hydrogens is 572 g/mol. The van der Waals surface area contributed by atoms with E-state index in [1.807, 2.05) is 6.92 Å². The molecule has 2 aromatic heterocycles. The minimum Gasteiger partial charge on any atom is -0.387 e. The number of nitrogens with one attached hydrogen (secondary N) is 1. The molecule has 1 saturated heterocycles. The van der Waals surface area contributed by atoms with Crippen LogP contribution >= 0.6 is 26.8 Å². The predicted octanol–water partition coefficient (Wildman–Crippen LogP) is 3.20. The monoisotopic (exact) mass is 596 g/mol. The molecule has 208 valence electrons. The molecule has 1 aliphatic rings. The first-order valence-corrected chi connectivity index (χ1v) is 15.2. The smallest absolute Gasteiger partial charge is 0.340 e. The van der Waals surface area contributed by atoms with Crippen LogP contribution in [0.2, 0.25) is 5.28 Å². The number of rotatable bonds is 10. The van der Waals surface area contributed by atoms with Crippen molar-refractivity contribution < 1.29 is 47.0 Å². The second-order valence-electron chi connectivity index (χ2n) is 8.88. The van der Waals surface area contributed by atoms with Gasteiger partial charge in [-0.25, -0.2) is 13.8 Å². The number of aliphatic hydroxyl groups excluding tert-OH is 1. The Hall–Kier alpha value is -1.99. The van der Waals surface area contributed by atoms with Gasteiger partial charge in [-0.2, -0.15) is 4.98 Å². The maximum Gasteiger partial charge on any atom is 0.340 e. The third kappa shape index (κ3) is 6.77. The highest BCUT2D eigenvalue weighted by molar-refractivity contribution is 7.70. The lowest BCUT2D eigenvalue weighted by molar-refractivity contribution is -0.0423. The molecule has 4 rings (SSSR count). The van der Waals surface area contributed by atoms with Crippen molar-refractivity contribution in [3.63, 3.8) is 0 Å². The minimum absolute atomic E-state index is 0.154. The van der Waals surface area contributed by atoms with Gasteiger partial charge in [-0.3, -0.25) is 9.13 Å². The number of halogens is 3. The Balaban J connectivity index is 1.52. The lowest BCUT2D eigenvalue weighted by atomic mass is 10.1. The fourth-order valence-corrected chi connectivity index (χ4v) is 6.86. The first-order chi connectivity index (χ1) is 17.7. The van der Waals surface area contributed by atoms with E-state index in [9.17, 15) is 23.5 Å². The maximum absolute atomic E-state index is 15.1. The summed E-state index contributed by atoms with van der Waals surface area (Å²) in [5.74, 6) is -1.48. The van der Waals surface area contributed by atoms with Crippen molar-refractivity contribution in [2.75, 3.05) is 17.8 Å². The van der Waals surface area contributed by atoms with Crippen LogP contribution in [0.5, 0.6) is 0 Å². The molecule has 17 heteroatoms. The quantitative estimate of drug-likeness (QED) is 0.172. The summed E-state index contributed by atoms with van der Waals surface area (Å²) in [6, 6.07) is 7.63. The molecule has 6 atom stereocenters. The lowest BCUT2D eigenvalue weighted by Crippen LogP contribution is -2.31. The molecule has 1 aromatic carbocycles. The van der Waals surface area contributed by atoms with Crippen molar-refractivity contribution in [1.29, 1.82) is 0 Å². The molecule has 38 heavy (non-hydrogen) atoms. The van der Waals surface area contributed by atoms with E-state index in [1.165, 1.54) is 16.8 Å². The van der Waals surface area contributed by atoms with Crippen molar-refractivity contribution in [2.24, 2.45) is 0 Å². The van der Waals surface area contributed by atoms with Gasteiger partial charge in [-0.1, -0.05) is 18.2 Å². The van der Waals surface area contributed by atoms with Gasteiger partial charge in [0.1, 0.15) is 29.5 Å². The van der Waals surface area contributed by atoms with Crippen molar-refractivity contribution >= 4 is 43.6 Å². The van der Waals surface area contributed by atoms with E-state index >= 15 is 4.39 Å². The van der Waals surface area contributed by atoms with E-state index < -0.39 is 52.3 Å². The normalized spacial score (nSPS) is 24.4. The van der Waals surface area contributed by atoms with E-state index in [1.54, 1.807) is 24.3 Å². The fraction of sp³-hybridized carbons (Fsp3) is 0.429. The first kappa shape index (κ1) is 29.0. The molecular formula is C21H25ClF2N4O8P2. The molecule has 0 saturated carbocycles. The first-order valence-electron chi connectivity index (χ1n) is 11.3. The molecule has 0 amide bonds. The SMILES string of the molecule is C[C@@H](Cc1ccccc1F)Nc1nc(Cl)nc2c1ccn2[C@@H]1O[C@H](COP(=O)(O)CP(=O)(O)O)[C@@H](O)[C@@H]1F. The van der Waals surface area contributed by atoms with E-state index in [0.29, 0.717) is 23.2 Å². The van der Waals surface area contributed by atoms with Gasteiger partial charge in [-0.15, -0.1) is 0 Å². The summed E-state index contributed by atoms with van der Waals surface area (Å²) in [6.45, 7) is 1.01. The van der Waals surface area contributed by atoms with Gasteiger partial charge in [0.25, 0.3) is 0 Å². The van der Waals surface area contributed by atoms with Gasteiger partial charge in [0.15, 0.2) is 18.3 Å². The summed E-state index contributed by atoms with van der Waals surface area (Å²) < 4.78 is 63.5. The summed E-state index contributed by atoms with van der Waals surface area (Å²) in [4.78, 5) is 35.8. The number of hydrogen-bond acceptors (Lipinski definition) is 8. The Morgan fingerprint density at radius 2 is 1.95 bits per heavy atom. The number of aromatic nitrogens is 3. The topological polar surface area (TPSA) is 176 Å². The molecule has 3 heterocycles. The van der Waals surface area contributed by atoms with Gasteiger partial charge in [0.05, 0.1) is 12.0 Å². The highest BCUT2D eigenvalue weighted by atomic mass is 35.5.